The van der Waals surface area contributed by atoms with Gasteiger partial charge in [-0.1, -0.05) is 11.6 Å². The number of carbonyl (C=O) groups is 1. The molecule has 0 unspecified atom stereocenters. The molecule has 1 saturated heterocycles. The van der Waals surface area contributed by atoms with Crippen LogP contribution < -0.4 is 5.32 Å². The summed E-state index contributed by atoms with van der Waals surface area (Å²) in [4.78, 5) is 21.6. The number of nitrogens with zero attached hydrogens (tertiary/aromatic N) is 3. The van der Waals surface area contributed by atoms with Crippen molar-refractivity contribution in [3.8, 4) is 0 Å². The number of aryl methyl sites for hydroxylation is 1. The number of amides is 1. The molecule has 0 radical (unpaired) electrons. The average molecular weight is 241 g/mol. The van der Waals surface area contributed by atoms with E-state index in [4.69, 9.17) is 11.6 Å². The van der Waals surface area contributed by atoms with E-state index in [9.17, 15) is 4.79 Å². The number of rotatable bonds is 2. The molecule has 0 atom stereocenters. The first-order chi connectivity index (χ1) is 7.63. The van der Waals surface area contributed by atoms with Crippen LogP contribution in [0.2, 0.25) is 5.15 Å². The minimum Gasteiger partial charge on any atom is -0.354 e. The Morgan fingerprint density at radius 3 is 3.06 bits per heavy atom. The van der Waals surface area contributed by atoms with E-state index in [0.29, 0.717) is 30.6 Å². The van der Waals surface area contributed by atoms with Crippen molar-refractivity contribution in [2.24, 2.45) is 0 Å². The van der Waals surface area contributed by atoms with Gasteiger partial charge in [-0.25, -0.2) is 9.97 Å². The normalized spacial score (nSPS) is 17.2. The molecule has 2 rings (SSSR count). The van der Waals surface area contributed by atoms with Gasteiger partial charge in [-0.05, 0) is 13.0 Å². The van der Waals surface area contributed by atoms with E-state index in [1.165, 1.54) is 0 Å². The summed E-state index contributed by atoms with van der Waals surface area (Å²) in [5.74, 6) is 0.713. The van der Waals surface area contributed by atoms with E-state index in [0.717, 1.165) is 12.2 Å². The SMILES string of the molecule is Cc1cc(Cl)nc(CN2CCNC(=O)C2)n1. The van der Waals surface area contributed by atoms with Gasteiger partial charge in [0.1, 0.15) is 11.0 Å². The zero-order valence-electron chi connectivity index (χ0n) is 9.03. The van der Waals surface area contributed by atoms with Crippen LogP contribution in [0, 0.1) is 6.92 Å². The third kappa shape index (κ3) is 2.90. The highest BCUT2D eigenvalue weighted by Crippen LogP contribution is 2.08. The molecule has 0 saturated carbocycles. The van der Waals surface area contributed by atoms with Crippen LogP contribution in [0.15, 0.2) is 6.07 Å². The molecular formula is C10H13ClN4O. The predicted molar refractivity (Wildman–Crippen MR) is 60.1 cm³/mol. The van der Waals surface area contributed by atoms with Gasteiger partial charge >= 0.3 is 0 Å². The second kappa shape index (κ2) is 4.76. The molecule has 2 heterocycles. The van der Waals surface area contributed by atoms with Crippen molar-refractivity contribution < 1.29 is 4.79 Å². The number of aromatic nitrogens is 2. The van der Waals surface area contributed by atoms with Crippen LogP contribution in [-0.2, 0) is 11.3 Å². The summed E-state index contributed by atoms with van der Waals surface area (Å²) >= 11 is 5.85. The van der Waals surface area contributed by atoms with Crippen molar-refractivity contribution in [2.45, 2.75) is 13.5 Å². The lowest BCUT2D eigenvalue weighted by Gasteiger charge is -2.25. The fraction of sp³-hybridized carbons (Fsp3) is 0.500. The first kappa shape index (κ1) is 11.3. The number of nitrogens with one attached hydrogen (secondary N) is 1. The van der Waals surface area contributed by atoms with Gasteiger partial charge in [-0.15, -0.1) is 0 Å². The first-order valence-electron chi connectivity index (χ1n) is 5.12. The Bertz CT molecular complexity index is 390. The third-order valence-electron chi connectivity index (χ3n) is 2.35. The van der Waals surface area contributed by atoms with Gasteiger partial charge in [0.15, 0.2) is 0 Å². The number of halogens is 1. The molecule has 0 bridgehead atoms. The quantitative estimate of drug-likeness (QED) is 0.759. The van der Waals surface area contributed by atoms with Crippen LogP contribution in [-0.4, -0.2) is 40.4 Å². The fourth-order valence-electron chi connectivity index (χ4n) is 1.69. The smallest absolute Gasteiger partial charge is 0.234 e. The Hall–Kier alpha value is -1.20. The molecule has 1 fully saturated rings. The first-order valence-corrected chi connectivity index (χ1v) is 5.50. The molecule has 0 aliphatic carbocycles. The maximum Gasteiger partial charge on any atom is 0.234 e. The molecule has 1 amide bonds. The van der Waals surface area contributed by atoms with E-state index < -0.39 is 0 Å². The zero-order valence-corrected chi connectivity index (χ0v) is 9.79. The highest BCUT2D eigenvalue weighted by molar-refractivity contribution is 6.29. The van der Waals surface area contributed by atoms with E-state index in [1.807, 2.05) is 11.8 Å². The monoisotopic (exact) mass is 240 g/mol. The van der Waals surface area contributed by atoms with Gasteiger partial charge in [0.05, 0.1) is 13.1 Å². The van der Waals surface area contributed by atoms with Crippen LogP contribution in [0.1, 0.15) is 11.5 Å². The average Bonchev–Trinajstić information content (AvgIpc) is 2.15. The minimum absolute atomic E-state index is 0.0463. The molecular weight excluding hydrogens is 228 g/mol. The zero-order chi connectivity index (χ0) is 11.5. The molecule has 6 heteroatoms. The van der Waals surface area contributed by atoms with Gasteiger partial charge in [0.2, 0.25) is 5.91 Å². The summed E-state index contributed by atoms with van der Waals surface area (Å²) in [6.45, 7) is 4.34. The third-order valence-corrected chi connectivity index (χ3v) is 2.55. The molecule has 1 aliphatic rings. The summed E-state index contributed by atoms with van der Waals surface area (Å²) in [5.41, 5.74) is 0.844. The van der Waals surface area contributed by atoms with Crippen molar-refractivity contribution in [3.63, 3.8) is 0 Å². The summed E-state index contributed by atoms with van der Waals surface area (Å²) in [7, 11) is 0. The van der Waals surface area contributed by atoms with E-state index >= 15 is 0 Å². The summed E-state index contributed by atoms with van der Waals surface area (Å²) in [5, 5.41) is 3.22. The second-order valence-corrected chi connectivity index (χ2v) is 4.20. The fourth-order valence-corrected chi connectivity index (χ4v) is 1.94. The summed E-state index contributed by atoms with van der Waals surface area (Å²) < 4.78 is 0. The highest BCUT2D eigenvalue weighted by atomic mass is 35.5. The Labute approximate surface area is 98.8 Å². The van der Waals surface area contributed by atoms with Crippen molar-refractivity contribution in [1.29, 1.82) is 0 Å². The number of carbonyl (C=O) groups excluding carboxylic acids is 1. The van der Waals surface area contributed by atoms with Crippen molar-refractivity contribution >= 4 is 17.5 Å². The molecule has 1 aromatic rings. The van der Waals surface area contributed by atoms with Gasteiger partial charge < -0.3 is 5.32 Å². The predicted octanol–water partition coefficient (Wildman–Crippen LogP) is 0.370. The van der Waals surface area contributed by atoms with Crippen LogP contribution in [0.4, 0.5) is 0 Å². The van der Waals surface area contributed by atoms with Crippen molar-refractivity contribution in [3.05, 3.63) is 22.7 Å². The van der Waals surface area contributed by atoms with Gasteiger partial charge in [0, 0.05) is 18.8 Å². The molecule has 1 aromatic heterocycles. The maximum absolute atomic E-state index is 11.2. The molecule has 5 nitrogen and oxygen atoms in total. The molecule has 1 N–H and O–H groups in total. The molecule has 0 aromatic carbocycles. The molecule has 0 spiro atoms. The molecule has 16 heavy (non-hydrogen) atoms. The molecule has 86 valence electrons. The van der Waals surface area contributed by atoms with Gasteiger partial charge in [0.25, 0.3) is 0 Å². The number of piperazine rings is 1. The van der Waals surface area contributed by atoms with Crippen LogP contribution in [0.25, 0.3) is 0 Å². The second-order valence-electron chi connectivity index (χ2n) is 3.81. The lowest BCUT2D eigenvalue weighted by Crippen LogP contribution is -2.47. The van der Waals surface area contributed by atoms with Crippen molar-refractivity contribution in [1.82, 2.24) is 20.2 Å². The Balaban J connectivity index is 2.05. The van der Waals surface area contributed by atoms with E-state index in [1.54, 1.807) is 6.07 Å². The molecule has 1 aliphatic heterocycles. The van der Waals surface area contributed by atoms with Gasteiger partial charge in [-0.2, -0.15) is 0 Å². The van der Waals surface area contributed by atoms with E-state index in [2.05, 4.69) is 15.3 Å². The number of hydrogen-bond acceptors (Lipinski definition) is 4. The van der Waals surface area contributed by atoms with Crippen LogP contribution in [0.3, 0.4) is 0 Å². The highest BCUT2D eigenvalue weighted by Gasteiger charge is 2.17. The van der Waals surface area contributed by atoms with Crippen LogP contribution in [0.5, 0.6) is 0 Å². The Morgan fingerprint density at radius 2 is 2.38 bits per heavy atom. The van der Waals surface area contributed by atoms with Gasteiger partial charge in [-0.3, -0.25) is 9.69 Å². The number of hydrogen-bond donors (Lipinski definition) is 1. The lowest BCUT2D eigenvalue weighted by atomic mass is 10.3. The standard InChI is InChI=1S/C10H13ClN4O/c1-7-4-8(11)14-9(13-7)5-15-3-2-12-10(16)6-15/h4H,2-3,5-6H2,1H3,(H,12,16). The largest absolute Gasteiger partial charge is 0.354 e. The lowest BCUT2D eigenvalue weighted by molar-refractivity contribution is -0.124. The Kier molecular flexibility index (Phi) is 3.36. The maximum atomic E-state index is 11.2. The minimum atomic E-state index is 0.0463. The van der Waals surface area contributed by atoms with Crippen molar-refractivity contribution in [2.75, 3.05) is 19.6 Å². The Morgan fingerprint density at radius 1 is 1.56 bits per heavy atom. The topological polar surface area (TPSA) is 58.1 Å². The van der Waals surface area contributed by atoms with Crippen LogP contribution >= 0.6 is 11.6 Å². The van der Waals surface area contributed by atoms with E-state index in [-0.39, 0.29) is 5.91 Å². The summed E-state index contributed by atoms with van der Waals surface area (Å²) in [6.07, 6.45) is 0. The summed E-state index contributed by atoms with van der Waals surface area (Å²) in [6, 6.07) is 1.72.